The van der Waals surface area contributed by atoms with E-state index in [1.807, 2.05) is 27.9 Å². The Morgan fingerprint density at radius 3 is 2.19 bits per heavy atom. The first-order chi connectivity index (χ1) is 9.75. The number of nitrogens with zero attached hydrogens (tertiary/aromatic N) is 2. The highest BCUT2D eigenvalue weighted by molar-refractivity contribution is 7.87. The molecule has 2 atom stereocenters. The van der Waals surface area contributed by atoms with Crippen molar-refractivity contribution in [2.24, 2.45) is 0 Å². The Balaban J connectivity index is 2.00. The van der Waals surface area contributed by atoms with Gasteiger partial charge in [0.2, 0.25) is 0 Å². The molecular formula is C14H29N3O3S. The molecule has 2 rings (SSSR count). The van der Waals surface area contributed by atoms with Crippen molar-refractivity contribution < 1.29 is 13.2 Å². The van der Waals surface area contributed by atoms with Crippen LogP contribution in [0.2, 0.25) is 0 Å². The average molecular weight is 319 g/mol. The molecule has 1 saturated heterocycles. The number of ether oxygens (including phenoxy) is 1. The van der Waals surface area contributed by atoms with Crippen LogP contribution in [0.1, 0.15) is 39.5 Å². The predicted molar refractivity (Wildman–Crippen MR) is 83.4 cm³/mol. The molecule has 0 amide bonds. The summed E-state index contributed by atoms with van der Waals surface area (Å²) >= 11 is 0. The van der Waals surface area contributed by atoms with Crippen LogP contribution in [-0.4, -0.2) is 69.1 Å². The zero-order valence-corrected chi connectivity index (χ0v) is 14.4. The molecule has 1 saturated carbocycles. The van der Waals surface area contributed by atoms with Gasteiger partial charge < -0.3 is 9.64 Å². The Hall–Kier alpha value is -0.210. The first-order valence-electron chi connectivity index (χ1n) is 7.83. The molecule has 21 heavy (non-hydrogen) atoms. The fourth-order valence-electron chi connectivity index (χ4n) is 3.46. The summed E-state index contributed by atoms with van der Waals surface area (Å²) < 4.78 is 35.0. The number of hydrogen-bond donors (Lipinski definition) is 1. The molecule has 1 aliphatic heterocycles. The van der Waals surface area contributed by atoms with Gasteiger partial charge in [-0.25, -0.2) is 4.72 Å². The standard InChI is InChI=1S/C14H29N3O3S/c1-12-9-17(10-13(2)20-12)21(18,19)15-11-14(16(3)4)7-5-6-8-14/h12-13,15H,5-11H2,1-4H3/t12-,13-/m0/s1. The van der Waals surface area contributed by atoms with E-state index in [9.17, 15) is 8.42 Å². The number of hydrogen-bond acceptors (Lipinski definition) is 4. The van der Waals surface area contributed by atoms with Crippen LogP contribution >= 0.6 is 0 Å². The highest BCUT2D eigenvalue weighted by atomic mass is 32.2. The van der Waals surface area contributed by atoms with Crippen LogP contribution in [0.5, 0.6) is 0 Å². The van der Waals surface area contributed by atoms with Crippen molar-refractivity contribution in [3.63, 3.8) is 0 Å². The van der Waals surface area contributed by atoms with Gasteiger partial charge >= 0.3 is 0 Å². The summed E-state index contributed by atoms with van der Waals surface area (Å²) in [5.74, 6) is 0. The lowest BCUT2D eigenvalue weighted by atomic mass is 9.97. The lowest BCUT2D eigenvalue weighted by Gasteiger charge is -2.38. The van der Waals surface area contributed by atoms with Crippen LogP contribution in [-0.2, 0) is 14.9 Å². The minimum Gasteiger partial charge on any atom is -0.373 e. The van der Waals surface area contributed by atoms with E-state index in [0.29, 0.717) is 19.6 Å². The SMILES string of the molecule is C[C@H]1CN(S(=O)(=O)NCC2(N(C)C)CCCC2)C[C@H](C)O1. The van der Waals surface area contributed by atoms with Crippen molar-refractivity contribution in [1.29, 1.82) is 0 Å². The molecule has 2 fully saturated rings. The molecule has 124 valence electrons. The Morgan fingerprint density at radius 1 is 1.19 bits per heavy atom. The van der Waals surface area contributed by atoms with Gasteiger partial charge in [0.1, 0.15) is 0 Å². The van der Waals surface area contributed by atoms with Crippen molar-refractivity contribution >= 4 is 10.2 Å². The number of nitrogens with one attached hydrogen (secondary N) is 1. The monoisotopic (exact) mass is 319 g/mol. The highest BCUT2D eigenvalue weighted by Crippen LogP contribution is 2.33. The van der Waals surface area contributed by atoms with Gasteiger partial charge in [-0.2, -0.15) is 12.7 Å². The average Bonchev–Trinajstić information content (AvgIpc) is 2.85. The van der Waals surface area contributed by atoms with Gasteiger partial charge in [-0.1, -0.05) is 12.8 Å². The summed E-state index contributed by atoms with van der Waals surface area (Å²) in [5, 5.41) is 0. The summed E-state index contributed by atoms with van der Waals surface area (Å²) in [5.41, 5.74) is -0.0312. The smallest absolute Gasteiger partial charge is 0.279 e. The predicted octanol–water partition coefficient (Wildman–Crippen LogP) is 0.804. The van der Waals surface area contributed by atoms with Gasteiger partial charge in [0.15, 0.2) is 0 Å². The van der Waals surface area contributed by atoms with E-state index < -0.39 is 10.2 Å². The van der Waals surface area contributed by atoms with Crippen molar-refractivity contribution in [2.75, 3.05) is 33.7 Å². The van der Waals surface area contributed by atoms with E-state index in [2.05, 4.69) is 9.62 Å². The van der Waals surface area contributed by atoms with E-state index in [1.54, 1.807) is 0 Å². The maximum atomic E-state index is 12.5. The van der Waals surface area contributed by atoms with Crippen LogP contribution in [0.4, 0.5) is 0 Å². The Bertz CT molecular complexity index is 436. The largest absolute Gasteiger partial charge is 0.373 e. The second-order valence-corrected chi connectivity index (χ2v) is 8.48. The van der Waals surface area contributed by atoms with Crippen LogP contribution < -0.4 is 4.72 Å². The minimum atomic E-state index is -3.43. The van der Waals surface area contributed by atoms with E-state index in [-0.39, 0.29) is 17.7 Å². The third kappa shape index (κ3) is 3.96. The zero-order chi connectivity index (χ0) is 15.7. The molecule has 0 unspecified atom stereocenters. The van der Waals surface area contributed by atoms with Crippen molar-refractivity contribution in [1.82, 2.24) is 13.9 Å². The quantitative estimate of drug-likeness (QED) is 0.814. The van der Waals surface area contributed by atoms with Crippen LogP contribution in [0.25, 0.3) is 0 Å². The number of morpholine rings is 1. The van der Waals surface area contributed by atoms with E-state index >= 15 is 0 Å². The Labute approximate surface area is 129 Å². The first-order valence-corrected chi connectivity index (χ1v) is 9.27. The van der Waals surface area contributed by atoms with Crippen LogP contribution in [0, 0.1) is 0 Å². The van der Waals surface area contributed by atoms with Gasteiger partial charge in [0, 0.05) is 25.2 Å². The number of likely N-dealkylation sites (N-methyl/N-ethyl adjacent to an activating group) is 1. The molecule has 0 radical (unpaired) electrons. The van der Waals surface area contributed by atoms with Crippen molar-refractivity contribution in [3.05, 3.63) is 0 Å². The maximum Gasteiger partial charge on any atom is 0.279 e. The van der Waals surface area contributed by atoms with Crippen molar-refractivity contribution in [2.45, 2.75) is 57.3 Å². The summed E-state index contributed by atoms with van der Waals surface area (Å²) in [4.78, 5) is 2.17. The zero-order valence-electron chi connectivity index (χ0n) is 13.6. The molecule has 1 aliphatic carbocycles. The van der Waals surface area contributed by atoms with Crippen molar-refractivity contribution in [3.8, 4) is 0 Å². The van der Waals surface area contributed by atoms with Crippen LogP contribution in [0.15, 0.2) is 0 Å². The second kappa shape index (κ2) is 6.50. The van der Waals surface area contributed by atoms with E-state index in [1.165, 1.54) is 17.1 Å². The maximum absolute atomic E-state index is 12.5. The molecule has 1 N–H and O–H groups in total. The fourth-order valence-corrected chi connectivity index (χ4v) is 4.91. The molecule has 0 aromatic carbocycles. The van der Waals surface area contributed by atoms with Gasteiger partial charge in [0.25, 0.3) is 10.2 Å². The molecule has 6 nitrogen and oxygen atoms in total. The molecule has 1 heterocycles. The third-order valence-corrected chi connectivity index (χ3v) is 6.28. The second-order valence-electron chi connectivity index (χ2n) is 6.73. The van der Waals surface area contributed by atoms with E-state index in [4.69, 9.17) is 4.74 Å². The topological polar surface area (TPSA) is 61.9 Å². The normalized spacial score (nSPS) is 30.9. The van der Waals surface area contributed by atoms with Gasteiger partial charge in [0.05, 0.1) is 12.2 Å². The lowest BCUT2D eigenvalue weighted by molar-refractivity contribution is -0.0444. The molecule has 0 spiro atoms. The molecule has 2 aliphatic rings. The molecule has 0 bridgehead atoms. The molecular weight excluding hydrogens is 290 g/mol. The van der Waals surface area contributed by atoms with E-state index in [0.717, 1.165) is 12.8 Å². The van der Waals surface area contributed by atoms with Gasteiger partial charge in [-0.15, -0.1) is 0 Å². The number of rotatable bonds is 5. The molecule has 0 aromatic heterocycles. The third-order valence-electron chi connectivity index (χ3n) is 4.79. The van der Waals surface area contributed by atoms with Gasteiger partial charge in [-0.05, 0) is 40.8 Å². The summed E-state index contributed by atoms with van der Waals surface area (Å²) in [6.07, 6.45) is 4.34. The Kier molecular flexibility index (Phi) is 5.31. The minimum absolute atomic E-state index is 0.0312. The van der Waals surface area contributed by atoms with Gasteiger partial charge in [-0.3, -0.25) is 0 Å². The molecule has 7 heteroatoms. The fraction of sp³-hybridized carbons (Fsp3) is 1.00. The summed E-state index contributed by atoms with van der Waals surface area (Å²) in [6.45, 7) is 5.17. The summed E-state index contributed by atoms with van der Waals surface area (Å²) in [6, 6.07) is 0. The summed E-state index contributed by atoms with van der Waals surface area (Å²) in [7, 11) is 0.649. The highest BCUT2D eigenvalue weighted by Gasteiger charge is 2.38. The molecule has 0 aromatic rings. The first kappa shape index (κ1) is 17.1. The lowest BCUT2D eigenvalue weighted by Crippen LogP contribution is -2.56. The van der Waals surface area contributed by atoms with Crippen LogP contribution in [0.3, 0.4) is 0 Å². The Morgan fingerprint density at radius 2 is 1.71 bits per heavy atom.